The standard InChI is InChI=1S/C70H52N6/c1-67(2,3)69(59-23-15-13-21-57(59)65-55-19-11-9-17-53(55)63(41-61(65)69)75(49-33-25-45(43-71)26-34-49)51-37-29-47(73-7)30-38-51)70(68(4,5)6)60-24-16-14-22-58(60)66-56-20-12-10-18-54(56)64(42-62(66)70)76(50-35-27-46(44-72)28-36-50)52-39-31-48(74-8)32-40-52/h9-42H,1-6H3. The van der Waals surface area contributed by atoms with E-state index in [4.69, 9.17) is 13.1 Å². The third-order valence-corrected chi connectivity index (χ3v) is 16.3. The summed E-state index contributed by atoms with van der Waals surface area (Å²) in [5.41, 5.74) is 15.0. The summed E-state index contributed by atoms with van der Waals surface area (Å²) in [5, 5.41) is 24.4. The van der Waals surface area contributed by atoms with E-state index in [9.17, 15) is 10.5 Å². The van der Waals surface area contributed by atoms with Gasteiger partial charge in [-0.05, 0) is 151 Å². The van der Waals surface area contributed by atoms with Gasteiger partial charge in [-0.2, -0.15) is 10.5 Å². The van der Waals surface area contributed by atoms with E-state index in [1.807, 2.05) is 97.1 Å². The summed E-state index contributed by atoms with van der Waals surface area (Å²) in [4.78, 5) is 12.1. The van der Waals surface area contributed by atoms with Crippen molar-refractivity contribution in [3.05, 3.63) is 262 Å². The highest BCUT2D eigenvalue weighted by atomic mass is 15.2. The molecule has 0 spiro atoms. The van der Waals surface area contributed by atoms with E-state index in [-0.39, 0.29) is 0 Å². The van der Waals surface area contributed by atoms with Crippen LogP contribution in [0.25, 0.3) is 53.5 Å². The molecule has 0 amide bonds. The molecule has 0 heterocycles. The largest absolute Gasteiger partial charge is 0.310 e. The lowest BCUT2D eigenvalue weighted by Gasteiger charge is -2.62. The first kappa shape index (κ1) is 47.3. The molecule has 0 aromatic heterocycles. The highest BCUT2D eigenvalue weighted by molar-refractivity contribution is 6.13. The van der Waals surface area contributed by atoms with E-state index < -0.39 is 21.7 Å². The summed E-state index contributed by atoms with van der Waals surface area (Å²) < 4.78 is 0. The zero-order chi connectivity index (χ0) is 52.7. The van der Waals surface area contributed by atoms with Crippen molar-refractivity contribution < 1.29 is 0 Å². The molecule has 2 unspecified atom stereocenters. The van der Waals surface area contributed by atoms with Gasteiger partial charge in [0.1, 0.15) is 0 Å². The maximum atomic E-state index is 10.0. The van der Waals surface area contributed by atoms with Gasteiger partial charge in [0.2, 0.25) is 0 Å². The Labute approximate surface area is 445 Å². The first-order valence-corrected chi connectivity index (χ1v) is 25.7. The normalized spacial score (nSPS) is 16.1. The van der Waals surface area contributed by atoms with Crippen LogP contribution in [-0.4, -0.2) is 0 Å². The first-order valence-electron chi connectivity index (χ1n) is 25.7. The van der Waals surface area contributed by atoms with Gasteiger partial charge in [0.15, 0.2) is 11.4 Å². The number of benzene rings is 10. The van der Waals surface area contributed by atoms with Crippen molar-refractivity contribution >= 4 is 67.0 Å². The fourth-order valence-electron chi connectivity index (χ4n) is 13.7. The molecule has 76 heavy (non-hydrogen) atoms. The van der Waals surface area contributed by atoms with Crippen LogP contribution in [0.15, 0.2) is 206 Å². The molecule has 12 rings (SSSR count). The molecule has 2 aliphatic carbocycles. The van der Waals surface area contributed by atoms with Gasteiger partial charge in [0.05, 0.1) is 47.8 Å². The van der Waals surface area contributed by atoms with E-state index in [0.717, 1.165) is 55.7 Å². The quantitative estimate of drug-likeness (QED) is 0.149. The lowest BCUT2D eigenvalue weighted by atomic mass is 9.39. The number of anilines is 6. The second-order valence-electron chi connectivity index (χ2n) is 22.1. The van der Waals surface area contributed by atoms with Crippen LogP contribution in [0.1, 0.15) is 74.9 Å². The van der Waals surface area contributed by atoms with Crippen molar-refractivity contribution in [1.82, 2.24) is 0 Å². The van der Waals surface area contributed by atoms with Gasteiger partial charge >= 0.3 is 0 Å². The van der Waals surface area contributed by atoms with Gasteiger partial charge < -0.3 is 9.80 Å². The molecule has 0 N–H and O–H groups in total. The number of nitriles is 2. The first-order chi connectivity index (χ1) is 36.8. The van der Waals surface area contributed by atoms with Crippen LogP contribution in [0.2, 0.25) is 0 Å². The van der Waals surface area contributed by atoms with Crippen LogP contribution in [0.5, 0.6) is 0 Å². The van der Waals surface area contributed by atoms with Gasteiger partial charge in [0, 0.05) is 44.4 Å². The smallest absolute Gasteiger partial charge is 0.187 e. The highest BCUT2D eigenvalue weighted by Crippen LogP contribution is 2.76. The Balaban J connectivity index is 1.27. The Hall–Kier alpha value is -9.72. The Kier molecular flexibility index (Phi) is 10.9. The summed E-state index contributed by atoms with van der Waals surface area (Å²) in [5.74, 6) is 0. The third-order valence-electron chi connectivity index (χ3n) is 16.3. The van der Waals surface area contributed by atoms with Crippen LogP contribution < -0.4 is 9.80 Å². The van der Waals surface area contributed by atoms with E-state index >= 15 is 0 Å². The minimum Gasteiger partial charge on any atom is -0.310 e. The van der Waals surface area contributed by atoms with Crippen molar-refractivity contribution in [2.75, 3.05) is 9.80 Å². The molecular weight excluding hydrogens is 925 g/mol. The Morgan fingerprint density at radius 1 is 0.382 bits per heavy atom. The van der Waals surface area contributed by atoms with Crippen molar-refractivity contribution in [3.63, 3.8) is 0 Å². The number of fused-ring (bicyclic) bond motifs is 10. The lowest BCUT2D eigenvalue weighted by molar-refractivity contribution is 0.0595. The fraction of sp³-hybridized carbons (Fsp3) is 0.143. The zero-order valence-electron chi connectivity index (χ0n) is 43.3. The summed E-state index contributed by atoms with van der Waals surface area (Å²) >= 11 is 0. The Morgan fingerprint density at radius 3 is 1.00 bits per heavy atom. The van der Waals surface area contributed by atoms with E-state index in [0.29, 0.717) is 22.5 Å². The third kappa shape index (κ3) is 6.61. The summed E-state index contributed by atoms with van der Waals surface area (Å²) in [6, 6.07) is 76.8. The van der Waals surface area contributed by atoms with E-state index in [1.165, 1.54) is 44.5 Å². The highest BCUT2D eigenvalue weighted by Gasteiger charge is 2.71. The summed E-state index contributed by atoms with van der Waals surface area (Å²) in [6.07, 6.45) is 0. The molecule has 362 valence electrons. The average molecular weight is 977 g/mol. The minimum absolute atomic E-state index is 0.499. The SMILES string of the molecule is [C-]#[N+]c1ccc(N(c2ccc(C#N)cc2)c2cc3c(c4ccccc24)-c2ccccc2C3(C(C)(C)C)C2(C(C)(C)C)c3ccccc3-c3c2cc(N(c2ccc(C#N)cc2)c2ccc([N+]#[C-])cc2)c2ccccc32)cc1. The monoisotopic (exact) mass is 976 g/mol. The van der Waals surface area contributed by atoms with Crippen molar-refractivity contribution in [2.24, 2.45) is 10.8 Å². The van der Waals surface area contributed by atoms with Gasteiger partial charge in [-0.1, -0.05) is 163 Å². The number of hydrogen-bond acceptors (Lipinski definition) is 4. The predicted molar refractivity (Wildman–Crippen MR) is 311 cm³/mol. The Morgan fingerprint density at radius 2 is 0.684 bits per heavy atom. The van der Waals surface area contributed by atoms with Gasteiger partial charge in [-0.25, -0.2) is 9.69 Å². The topological polar surface area (TPSA) is 62.8 Å². The van der Waals surface area contributed by atoms with Gasteiger partial charge in [0.25, 0.3) is 0 Å². The number of nitrogens with zero attached hydrogens (tertiary/aromatic N) is 6. The van der Waals surface area contributed by atoms with Gasteiger partial charge in [-0.15, -0.1) is 0 Å². The van der Waals surface area contributed by atoms with Crippen molar-refractivity contribution in [3.8, 4) is 34.4 Å². The average Bonchev–Trinajstić information content (AvgIpc) is 2.45. The minimum atomic E-state index is -0.801. The molecule has 0 aliphatic heterocycles. The lowest BCUT2D eigenvalue weighted by Crippen LogP contribution is -2.62. The molecule has 0 radical (unpaired) electrons. The maximum Gasteiger partial charge on any atom is 0.187 e. The van der Waals surface area contributed by atoms with E-state index in [2.05, 4.69) is 182 Å². The Bertz CT molecular complexity index is 3780. The molecule has 10 aromatic rings. The number of rotatable bonds is 7. The van der Waals surface area contributed by atoms with E-state index in [1.54, 1.807) is 0 Å². The van der Waals surface area contributed by atoms with Crippen molar-refractivity contribution in [1.29, 1.82) is 10.5 Å². The molecule has 0 saturated carbocycles. The molecule has 0 bridgehead atoms. The summed E-state index contributed by atoms with van der Waals surface area (Å²) in [6.45, 7) is 30.4. The molecule has 10 aromatic carbocycles. The molecule has 2 aliphatic rings. The number of hydrogen-bond donors (Lipinski definition) is 0. The summed E-state index contributed by atoms with van der Waals surface area (Å²) in [7, 11) is 0. The zero-order valence-corrected chi connectivity index (χ0v) is 43.3. The van der Waals surface area contributed by atoms with Crippen LogP contribution in [0.4, 0.5) is 45.5 Å². The van der Waals surface area contributed by atoms with Gasteiger partial charge in [-0.3, -0.25) is 0 Å². The van der Waals surface area contributed by atoms with Crippen molar-refractivity contribution in [2.45, 2.75) is 52.4 Å². The molecule has 0 fully saturated rings. The maximum absolute atomic E-state index is 10.0. The molecular formula is C70H52N6. The van der Waals surface area contributed by atoms with Crippen LogP contribution in [0.3, 0.4) is 0 Å². The fourth-order valence-corrected chi connectivity index (χ4v) is 13.7. The molecule has 6 heteroatoms. The van der Waals surface area contributed by atoms with Crippen LogP contribution in [-0.2, 0) is 10.8 Å². The second kappa shape index (κ2) is 17.5. The molecule has 6 nitrogen and oxygen atoms in total. The van der Waals surface area contributed by atoms with Crippen LogP contribution in [0, 0.1) is 46.6 Å². The van der Waals surface area contributed by atoms with Crippen LogP contribution >= 0.6 is 0 Å². The molecule has 2 atom stereocenters. The second-order valence-corrected chi connectivity index (χ2v) is 22.1. The molecule has 0 saturated heterocycles. The predicted octanol–water partition coefficient (Wildman–Crippen LogP) is 19.1.